The summed E-state index contributed by atoms with van der Waals surface area (Å²) in [5.41, 5.74) is 0.410. The van der Waals surface area contributed by atoms with Crippen molar-refractivity contribution in [1.82, 2.24) is 0 Å². The second-order valence-electron chi connectivity index (χ2n) is 4.25. The lowest BCUT2D eigenvalue weighted by molar-refractivity contribution is -0.137. The Labute approximate surface area is 134 Å². The normalized spacial score (nSPS) is 11.5. The Balaban J connectivity index is 2.12. The number of anilines is 1. The molecule has 0 saturated carbocycles. The van der Waals surface area contributed by atoms with Crippen molar-refractivity contribution in [2.24, 2.45) is 0 Å². The molecule has 0 fully saturated rings. The molecule has 2 aromatic carbocycles. The quantitative estimate of drug-likeness (QED) is 0.640. The minimum absolute atomic E-state index is 0.254. The lowest BCUT2D eigenvalue weighted by Crippen LogP contribution is -2.05. The van der Waals surface area contributed by atoms with Gasteiger partial charge >= 0.3 is 6.18 Å². The minimum atomic E-state index is -4.35. The van der Waals surface area contributed by atoms with Crippen molar-refractivity contribution in [2.45, 2.75) is 12.7 Å². The zero-order valence-electron chi connectivity index (χ0n) is 10.4. The van der Waals surface area contributed by atoms with E-state index in [2.05, 4.69) is 5.32 Å². The molecule has 7 heteroatoms. The lowest BCUT2D eigenvalue weighted by atomic mass is 10.2. The van der Waals surface area contributed by atoms with Crippen molar-refractivity contribution in [3.8, 4) is 0 Å². The molecule has 2 rings (SSSR count). The van der Waals surface area contributed by atoms with Gasteiger partial charge in [0.1, 0.15) is 0 Å². The molecule has 0 saturated heterocycles. The summed E-state index contributed by atoms with van der Waals surface area (Å²) in [5, 5.41) is 4.08. The van der Waals surface area contributed by atoms with E-state index in [1.54, 1.807) is 12.1 Å². The summed E-state index contributed by atoms with van der Waals surface area (Å²) in [4.78, 5) is 0. The smallest absolute Gasteiger partial charge is 0.381 e. The summed E-state index contributed by atoms with van der Waals surface area (Å²) in [6, 6.07) is 7.88. The average molecular weight is 355 g/mol. The first-order chi connectivity index (χ1) is 9.79. The SMILES string of the molecule is FC(F)(F)c1ccc(NCc2c(Cl)ccc(Cl)c2Cl)cc1. The van der Waals surface area contributed by atoms with Gasteiger partial charge in [-0.15, -0.1) is 0 Å². The van der Waals surface area contributed by atoms with Crippen molar-refractivity contribution in [2.75, 3.05) is 5.32 Å². The Morgan fingerprint density at radius 2 is 1.43 bits per heavy atom. The molecule has 0 bridgehead atoms. The second kappa shape index (κ2) is 6.34. The molecule has 0 aliphatic heterocycles. The third-order valence-corrected chi connectivity index (χ3v) is 4.02. The lowest BCUT2D eigenvalue weighted by Gasteiger charge is -2.12. The van der Waals surface area contributed by atoms with Gasteiger partial charge in [0, 0.05) is 22.8 Å². The Morgan fingerprint density at radius 3 is 2.00 bits per heavy atom. The highest BCUT2D eigenvalue weighted by Crippen LogP contribution is 2.33. The van der Waals surface area contributed by atoms with Gasteiger partial charge in [-0.05, 0) is 36.4 Å². The van der Waals surface area contributed by atoms with Crippen LogP contribution in [0.15, 0.2) is 36.4 Å². The summed E-state index contributed by atoms with van der Waals surface area (Å²) in [6.07, 6.45) is -4.35. The van der Waals surface area contributed by atoms with E-state index in [1.807, 2.05) is 0 Å². The minimum Gasteiger partial charge on any atom is -0.381 e. The molecule has 0 aromatic heterocycles. The first-order valence-corrected chi connectivity index (χ1v) is 6.96. The standard InChI is InChI=1S/C14H9Cl3F3N/c15-11-5-6-12(16)13(17)10(11)7-21-9-3-1-8(2-4-9)14(18,19)20/h1-6,21H,7H2. The van der Waals surface area contributed by atoms with Crippen LogP contribution in [0, 0.1) is 0 Å². The zero-order valence-corrected chi connectivity index (χ0v) is 12.7. The van der Waals surface area contributed by atoms with Crippen molar-refractivity contribution in [3.05, 3.63) is 62.6 Å². The molecule has 0 aliphatic carbocycles. The Bertz CT molecular complexity index is 639. The van der Waals surface area contributed by atoms with Crippen LogP contribution < -0.4 is 5.32 Å². The molecule has 1 N–H and O–H groups in total. The highest BCUT2D eigenvalue weighted by Gasteiger charge is 2.29. The van der Waals surface area contributed by atoms with Crippen LogP contribution in [-0.4, -0.2) is 0 Å². The highest BCUT2D eigenvalue weighted by atomic mass is 35.5. The largest absolute Gasteiger partial charge is 0.416 e. The molecular formula is C14H9Cl3F3N. The third kappa shape index (κ3) is 3.96. The Morgan fingerprint density at radius 1 is 0.857 bits per heavy atom. The van der Waals surface area contributed by atoms with Crippen LogP contribution in [0.2, 0.25) is 15.1 Å². The Kier molecular flexibility index (Phi) is 4.91. The second-order valence-corrected chi connectivity index (χ2v) is 5.44. The van der Waals surface area contributed by atoms with Gasteiger partial charge in [0.25, 0.3) is 0 Å². The van der Waals surface area contributed by atoms with Gasteiger partial charge in [0.15, 0.2) is 0 Å². The summed E-state index contributed by atoms with van der Waals surface area (Å²) < 4.78 is 37.4. The summed E-state index contributed by atoms with van der Waals surface area (Å²) in [6.45, 7) is 0.254. The third-order valence-electron chi connectivity index (χ3n) is 2.82. The van der Waals surface area contributed by atoms with E-state index in [-0.39, 0.29) is 6.54 Å². The molecule has 2 aromatic rings. The number of hydrogen-bond donors (Lipinski definition) is 1. The molecule has 0 aliphatic rings. The predicted octanol–water partition coefficient (Wildman–Crippen LogP) is 6.28. The van der Waals surface area contributed by atoms with Gasteiger partial charge in [0.2, 0.25) is 0 Å². The zero-order chi connectivity index (χ0) is 15.6. The van der Waals surface area contributed by atoms with Gasteiger partial charge in [-0.1, -0.05) is 34.8 Å². The van der Waals surface area contributed by atoms with Crippen molar-refractivity contribution < 1.29 is 13.2 Å². The number of hydrogen-bond acceptors (Lipinski definition) is 1. The van der Waals surface area contributed by atoms with E-state index in [1.165, 1.54) is 12.1 Å². The van der Waals surface area contributed by atoms with E-state index in [4.69, 9.17) is 34.8 Å². The topological polar surface area (TPSA) is 12.0 Å². The molecule has 0 unspecified atom stereocenters. The first kappa shape index (κ1) is 16.3. The summed E-state index contributed by atoms with van der Waals surface area (Å²) in [7, 11) is 0. The van der Waals surface area contributed by atoms with Gasteiger partial charge in [-0.25, -0.2) is 0 Å². The maximum absolute atomic E-state index is 12.5. The van der Waals surface area contributed by atoms with E-state index in [0.29, 0.717) is 26.3 Å². The summed E-state index contributed by atoms with van der Waals surface area (Å²) in [5.74, 6) is 0. The molecule has 0 amide bonds. The Hall–Kier alpha value is -1.10. The fourth-order valence-electron chi connectivity index (χ4n) is 1.70. The van der Waals surface area contributed by atoms with Crippen LogP contribution in [0.1, 0.15) is 11.1 Å². The van der Waals surface area contributed by atoms with Crippen molar-refractivity contribution in [3.63, 3.8) is 0 Å². The molecule has 0 atom stereocenters. The van der Waals surface area contributed by atoms with Crippen molar-refractivity contribution in [1.29, 1.82) is 0 Å². The molecule has 0 radical (unpaired) electrons. The van der Waals surface area contributed by atoms with E-state index in [0.717, 1.165) is 12.1 Å². The van der Waals surface area contributed by atoms with Crippen LogP contribution in [0.5, 0.6) is 0 Å². The first-order valence-electron chi connectivity index (χ1n) is 5.82. The van der Waals surface area contributed by atoms with Crippen LogP contribution >= 0.6 is 34.8 Å². The average Bonchev–Trinajstić information content (AvgIpc) is 2.43. The highest BCUT2D eigenvalue weighted by molar-refractivity contribution is 6.44. The number of nitrogens with one attached hydrogen (secondary N) is 1. The van der Waals surface area contributed by atoms with Crippen LogP contribution in [0.3, 0.4) is 0 Å². The number of halogens is 6. The predicted molar refractivity (Wildman–Crippen MR) is 80.2 cm³/mol. The van der Waals surface area contributed by atoms with Gasteiger partial charge in [-0.3, -0.25) is 0 Å². The monoisotopic (exact) mass is 353 g/mol. The fourth-order valence-corrected chi connectivity index (χ4v) is 2.38. The number of rotatable bonds is 3. The van der Waals surface area contributed by atoms with Crippen LogP contribution in [0.4, 0.5) is 18.9 Å². The number of benzene rings is 2. The van der Waals surface area contributed by atoms with Gasteiger partial charge < -0.3 is 5.32 Å². The van der Waals surface area contributed by atoms with Crippen LogP contribution in [0.25, 0.3) is 0 Å². The molecular weight excluding hydrogens is 346 g/mol. The fraction of sp³-hybridized carbons (Fsp3) is 0.143. The van der Waals surface area contributed by atoms with Crippen LogP contribution in [-0.2, 0) is 12.7 Å². The molecule has 0 heterocycles. The maximum Gasteiger partial charge on any atom is 0.416 e. The van der Waals surface area contributed by atoms with E-state index >= 15 is 0 Å². The molecule has 21 heavy (non-hydrogen) atoms. The van der Waals surface area contributed by atoms with Gasteiger partial charge in [-0.2, -0.15) is 13.2 Å². The van der Waals surface area contributed by atoms with Crippen molar-refractivity contribution >= 4 is 40.5 Å². The number of alkyl halides is 3. The maximum atomic E-state index is 12.5. The van der Waals surface area contributed by atoms with E-state index in [9.17, 15) is 13.2 Å². The summed E-state index contributed by atoms with van der Waals surface area (Å²) >= 11 is 18.0. The molecule has 112 valence electrons. The molecule has 0 spiro atoms. The van der Waals surface area contributed by atoms with Gasteiger partial charge in [0.05, 0.1) is 15.6 Å². The molecule has 1 nitrogen and oxygen atoms in total. The van der Waals surface area contributed by atoms with E-state index < -0.39 is 11.7 Å².